The molecule has 0 aliphatic rings. The molecule has 0 amide bonds. The van der Waals surface area contributed by atoms with E-state index in [0.717, 1.165) is 0 Å². The quantitative estimate of drug-likeness (QED) is 0.632. The van der Waals surface area contributed by atoms with Crippen LogP contribution in [0.3, 0.4) is 0 Å². The molecule has 81 valence electrons. The molecule has 8 heteroatoms. The van der Waals surface area contributed by atoms with Gasteiger partial charge in [0.2, 0.25) is 0 Å². The number of carbonyl (C=O) groups is 1. The predicted octanol–water partition coefficient (Wildman–Crippen LogP) is 1.80. The van der Waals surface area contributed by atoms with Crippen molar-refractivity contribution < 1.29 is 51.2 Å². The summed E-state index contributed by atoms with van der Waals surface area (Å²) in [5.74, 6) is -1.10. The topological polar surface area (TPSA) is 67.5 Å². The Morgan fingerprint density at radius 3 is 2.88 bits per heavy atom. The predicted molar refractivity (Wildman–Crippen MR) is 56.7 cm³/mol. The Morgan fingerprint density at radius 2 is 2.31 bits per heavy atom. The molecule has 0 saturated carbocycles. The van der Waals surface area contributed by atoms with E-state index >= 15 is 0 Å². The van der Waals surface area contributed by atoms with E-state index in [1.165, 1.54) is 22.5 Å². The number of rotatable bonds is 2. The number of aromatic nitrogens is 3. The molecule has 0 unspecified atom stereocenters. The normalized spacial score (nSPS) is 10.1. The number of nitrogens with zero attached hydrogens (tertiary/aromatic N) is 3. The number of halogens is 1. The first-order chi connectivity index (χ1) is 7.15. The molecular formula is C8H6ClN3O2PrS. The zero-order valence-corrected chi connectivity index (χ0v) is 13.5. The second kappa shape index (κ2) is 5.62. The number of hydrogen-bond acceptors (Lipinski definition) is 4. The molecular weight excluding hydrogens is 379 g/mol. The van der Waals surface area contributed by atoms with Crippen LogP contribution >= 0.6 is 23.4 Å². The van der Waals surface area contributed by atoms with Gasteiger partial charge in [0, 0.05) is 47.4 Å². The van der Waals surface area contributed by atoms with Crippen LogP contribution in [0.25, 0.3) is 5.65 Å². The van der Waals surface area contributed by atoms with Crippen molar-refractivity contribution in [2.75, 3.05) is 6.26 Å². The molecule has 16 heavy (non-hydrogen) atoms. The summed E-state index contributed by atoms with van der Waals surface area (Å²) in [6.07, 6.45) is 3.27. The zero-order valence-electron chi connectivity index (χ0n) is 8.22. The van der Waals surface area contributed by atoms with E-state index < -0.39 is 5.97 Å². The molecule has 1 N–H and O–H groups in total. The maximum Gasteiger partial charge on any atom is 0.341 e. The Morgan fingerprint density at radius 1 is 1.62 bits per heavy atom. The van der Waals surface area contributed by atoms with Gasteiger partial charge in [0.15, 0.2) is 5.65 Å². The Hall–Kier alpha value is 0.0936. The van der Waals surface area contributed by atoms with Crippen molar-refractivity contribution in [1.29, 1.82) is 0 Å². The summed E-state index contributed by atoms with van der Waals surface area (Å²) in [7, 11) is 0. The number of fused-ring (bicyclic) bond motifs is 1. The zero-order chi connectivity index (χ0) is 11.0. The van der Waals surface area contributed by atoms with E-state index in [-0.39, 0.29) is 52.0 Å². The van der Waals surface area contributed by atoms with Crippen LogP contribution in [0.15, 0.2) is 17.3 Å². The van der Waals surface area contributed by atoms with Crippen molar-refractivity contribution in [2.24, 2.45) is 0 Å². The molecule has 2 heterocycles. The minimum absolute atomic E-state index is 0. The third kappa shape index (κ3) is 2.35. The molecule has 2 rings (SSSR count). The molecule has 0 bridgehead atoms. The summed E-state index contributed by atoms with van der Waals surface area (Å²) in [6.45, 7) is 0. The molecule has 2 aromatic rings. The smallest absolute Gasteiger partial charge is 0.341 e. The van der Waals surface area contributed by atoms with E-state index in [1.54, 1.807) is 12.3 Å². The Labute approximate surface area is 134 Å². The summed E-state index contributed by atoms with van der Waals surface area (Å²) in [6, 6.07) is 1.66. The van der Waals surface area contributed by atoms with Gasteiger partial charge in [-0.25, -0.2) is 14.3 Å². The van der Waals surface area contributed by atoms with Crippen LogP contribution in [0.4, 0.5) is 0 Å². The first-order valence-electron chi connectivity index (χ1n) is 3.95. The van der Waals surface area contributed by atoms with Crippen LogP contribution in [0.5, 0.6) is 0 Å². The van der Waals surface area contributed by atoms with Gasteiger partial charge in [-0.1, -0.05) is 11.6 Å². The molecule has 0 saturated heterocycles. The third-order valence-corrected chi connectivity index (χ3v) is 2.88. The van der Waals surface area contributed by atoms with E-state index in [2.05, 4.69) is 10.1 Å². The van der Waals surface area contributed by atoms with E-state index in [4.69, 9.17) is 16.7 Å². The van der Waals surface area contributed by atoms with Crippen molar-refractivity contribution in [3.63, 3.8) is 0 Å². The summed E-state index contributed by atoms with van der Waals surface area (Å²) >= 11 is 7.17. The van der Waals surface area contributed by atoms with E-state index in [0.29, 0.717) is 10.7 Å². The third-order valence-electron chi connectivity index (χ3n) is 1.85. The number of hydrogen-bond donors (Lipinski definition) is 1. The van der Waals surface area contributed by atoms with Gasteiger partial charge >= 0.3 is 5.97 Å². The second-order valence-electron chi connectivity index (χ2n) is 2.69. The SMILES string of the molecule is CSc1nc2ccnn2c(Cl)c1C(=O)O.[Pr]. The number of aromatic carboxylic acids is 1. The van der Waals surface area contributed by atoms with Crippen LogP contribution in [-0.2, 0) is 0 Å². The second-order valence-corrected chi connectivity index (χ2v) is 3.85. The van der Waals surface area contributed by atoms with Gasteiger partial charge in [0.05, 0.1) is 6.20 Å². The van der Waals surface area contributed by atoms with Crippen LogP contribution in [-0.4, -0.2) is 31.9 Å². The summed E-state index contributed by atoms with van der Waals surface area (Å²) < 4.78 is 1.30. The van der Waals surface area contributed by atoms with Crippen molar-refractivity contribution >= 4 is 35.0 Å². The molecule has 0 atom stereocenters. The van der Waals surface area contributed by atoms with Gasteiger partial charge in [-0.3, -0.25) is 0 Å². The summed E-state index contributed by atoms with van der Waals surface area (Å²) in [4.78, 5) is 15.1. The van der Waals surface area contributed by atoms with Gasteiger partial charge < -0.3 is 5.11 Å². The Kier molecular flexibility index (Phi) is 4.97. The molecule has 2 aromatic heterocycles. The van der Waals surface area contributed by atoms with Crippen molar-refractivity contribution in [3.05, 3.63) is 23.0 Å². The Bertz CT molecular complexity index is 545. The van der Waals surface area contributed by atoms with E-state index in [1.807, 2.05) is 0 Å². The number of thioether (sulfide) groups is 1. The Balaban J connectivity index is 0.00000128. The summed E-state index contributed by atoms with van der Waals surface area (Å²) in [5, 5.41) is 13.3. The monoisotopic (exact) mass is 384 g/mol. The first kappa shape index (κ1) is 14.2. The van der Waals surface area contributed by atoms with Gasteiger partial charge in [-0.2, -0.15) is 5.10 Å². The average molecular weight is 385 g/mol. The standard InChI is InChI=1S/C8H6ClN3O2S.Pr/c1-15-7-5(8(13)14)6(9)12-4(11-7)2-3-10-12;/h2-3H,1H3,(H,13,14);. The summed E-state index contributed by atoms with van der Waals surface area (Å²) in [5.41, 5.74) is 0.523. The van der Waals surface area contributed by atoms with Gasteiger partial charge in [0.25, 0.3) is 0 Å². The van der Waals surface area contributed by atoms with Gasteiger partial charge in [-0.05, 0) is 6.26 Å². The minimum Gasteiger partial charge on any atom is -0.477 e. The fourth-order valence-electron chi connectivity index (χ4n) is 1.21. The minimum atomic E-state index is -1.10. The van der Waals surface area contributed by atoms with E-state index in [9.17, 15) is 4.79 Å². The molecule has 1 radical (unpaired) electrons. The van der Waals surface area contributed by atoms with Crippen LogP contribution in [0.2, 0.25) is 5.15 Å². The molecule has 5 nitrogen and oxygen atoms in total. The average Bonchev–Trinajstić information content (AvgIpc) is 2.64. The van der Waals surface area contributed by atoms with Gasteiger partial charge in [-0.15, -0.1) is 11.8 Å². The van der Waals surface area contributed by atoms with Crippen LogP contribution < -0.4 is 0 Å². The maximum absolute atomic E-state index is 11.0. The molecule has 0 spiro atoms. The molecule has 0 aliphatic carbocycles. The number of carboxylic acids is 1. The van der Waals surface area contributed by atoms with Crippen molar-refractivity contribution in [1.82, 2.24) is 14.6 Å². The molecule has 0 aromatic carbocycles. The van der Waals surface area contributed by atoms with Gasteiger partial charge in [0.1, 0.15) is 15.7 Å². The fraction of sp³-hybridized carbons (Fsp3) is 0.125. The number of carboxylic acid groups (broad SMARTS) is 1. The molecule has 0 fully saturated rings. The van der Waals surface area contributed by atoms with Crippen LogP contribution in [0.1, 0.15) is 10.4 Å². The molecule has 0 aliphatic heterocycles. The largest absolute Gasteiger partial charge is 0.477 e. The van der Waals surface area contributed by atoms with Crippen molar-refractivity contribution in [2.45, 2.75) is 5.03 Å². The first-order valence-corrected chi connectivity index (χ1v) is 5.56. The van der Waals surface area contributed by atoms with Crippen molar-refractivity contribution in [3.8, 4) is 0 Å². The van der Waals surface area contributed by atoms with Crippen LogP contribution in [0, 0.1) is 41.3 Å². The fourth-order valence-corrected chi connectivity index (χ4v) is 2.14. The maximum atomic E-state index is 11.0.